The summed E-state index contributed by atoms with van der Waals surface area (Å²) in [5.41, 5.74) is 1.44. The molecule has 0 fully saturated rings. The number of amides is 1. The third-order valence-electron chi connectivity index (χ3n) is 3.60. The quantitative estimate of drug-likeness (QED) is 0.586. The summed E-state index contributed by atoms with van der Waals surface area (Å²) in [5, 5.41) is 12.6. The van der Waals surface area contributed by atoms with Crippen molar-refractivity contribution in [3.8, 4) is 11.4 Å². The molecule has 0 aliphatic carbocycles. The molecule has 0 aliphatic rings. The van der Waals surface area contributed by atoms with E-state index in [0.29, 0.717) is 20.9 Å². The van der Waals surface area contributed by atoms with Crippen molar-refractivity contribution in [1.29, 1.82) is 0 Å². The number of thioether (sulfide) groups is 1. The summed E-state index contributed by atoms with van der Waals surface area (Å²) in [6, 6.07) is 12.4. The normalized spacial score (nSPS) is 10.7. The van der Waals surface area contributed by atoms with Gasteiger partial charge < -0.3 is 10.1 Å². The summed E-state index contributed by atoms with van der Waals surface area (Å²) in [6.07, 6.45) is 0. The van der Waals surface area contributed by atoms with E-state index in [2.05, 4.69) is 15.5 Å². The van der Waals surface area contributed by atoms with Gasteiger partial charge in [-0.25, -0.2) is 0 Å². The molecule has 9 heteroatoms. The zero-order valence-corrected chi connectivity index (χ0v) is 16.9. The van der Waals surface area contributed by atoms with Crippen molar-refractivity contribution in [3.05, 3.63) is 58.3 Å². The van der Waals surface area contributed by atoms with Crippen molar-refractivity contribution < 1.29 is 9.53 Å². The van der Waals surface area contributed by atoms with Gasteiger partial charge in [0.2, 0.25) is 5.91 Å². The maximum atomic E-state index is 12.3. The van der Waals surface area contributed by atoms with Gasteiger partial charge in [-0.05, 0) is 49.4 Å². The number of hydrogen-bond acceptors (Lipinski definition) is 5. The molecule has 2 aromatic carbocycles. The molecule has 0 atom stereocenters. The van der Waals surface area contributed by atoms with Crippen LogP contribution in [0.25, 0.3) is 5.69 Å². The lowest BCUT2D eigenvalue weighted by Crippen LogP contribution is -2.14. The van der Waals surface area contributed by atoms with Crippen LogP contribution in [-0.4, -0.2) is 33.5 Å². The number of carbonyl (C=O) groups is 1. The first-order valence-corrected chi connectivity index (χ1v) is 9.65. The molecule has 140 valence electrons. The van der Waals surface area contributed by atoms with E-state index >= 15 is 0 Å². The summed E-state index contributed by atoms with van der Waals surface area (Å²) < 4.78 is 7.06. The van der Waals surface area contributed by atoms with Crippen molar-refractivity contribution in [1.82, 2.24) is 14.8 Å². The van der Waals surface area contributed by atoms with Gasteiger partial charge in [-0.3, -0.25) is 9.36 Å². The number of halogens is 2. The van der Waals surface area contributed by atoms with E-state index in [1.807, 2.05) is 35.8 Å². The lowest BCUT2D eigenvalue weighted by Gasteiger charge is -2.10. The Hall–Kier alpha value is -2.22. The Labute approximate surface area is 170 Å². The monoisotopic (exact) mass is 422 g/mol. The molecule has 0 spiro atoms. The molecule has 0 radical (unpaired) electrons. The van der Waals surface area contributed by atoms with E-state index in [1.165, 1.54) is 11.8 Å². The van der Waals surface area contributed by atoms with Crippen LogP contribution in [0.1, 0.15) is 5.82 Å². The number of ether oxygens (including phenoxy) is 1. The van der Waals surface area contributed by atoms with Crippen molar-refractivity contribution in [2.45, 2.75) is 12.1 Å². The molecule has 1 heterocycles. The number of methoxy groups -OCH3 is 1. The van der Waals surface area contributed by atoms with Crippen molar-refractivity contribution in [2.75, 3.05) is 18.2 Å². The Balaban J connectivity index is 1.70. The Morgan fingerprint density at radius 3 is 2.44 bits per heavy atom. The minimum absolute atomic E-state index is 0.165. The second-order valence-electron chi connectivity index (χ2n) is 5.56. The number of aryl methyl sites for hydroxylation is 1. The third kappa shape index (κ3) is 4.94. The molecule has 0 aliphatic heterocycles. The van der Waals surface area contributed by atoms with Gasteiger partial charge in [-0.1, -0.05) is 35.0 Å². The molecule has 0 saturated heterocycles. The van der Waals surface area contributed by atoms with Crippen LogP contribution in [0.2, 0.25) is 10.0 Å². The molecule has 3 rings (SSSR count). The van der Waals surface area contributed by atoms with Gasteiger partial charge in [-0.2, -0.15) is 0 Å². The van der Waals surface area contributed by atoms with Gasteiger partial charge >= 0.3 is 0 Å². The highest BCUT2D eigenvalue weighted by Crippen LogP contribution is 2.25. The number of nitrogens with zero attached hydrogens (tertiary/aromatic N) is 3. The first-order chi connectivity index (χ1) is 13.0. The van der Waals surface area contributed by atoms with Gasteiger partial charge in [0.25, 0.3) is 0 Å². The Kier molecular flexibility index (Phi) is 6.26. The topological polar surface area (TPSA) is 69.0 Å². The first kappa shape index (κ1) is 19.5. The lowest BCUT2D eigenvalue weighted by molar-refractivity contribution is -0.113. The fourth-order valence-electron chi connectivity index (χ4n) is 2.42. The van der Waals surface area contributed by atoms with Gasteiger partial charge in [0, 0.05) is 21.4 Å². The molecule has 27 heavy (non-hydrogen) atoms. The highest BCUT2D eigenvalue weighted by molar-refractivity contribution is 7.99. The molecular formula is C18H16Cl2N4O2S. The minimum atomic E-state index is -0.194. The lowest BCUT2D eigenvalue weighted by atomic mass is 10.3. The van der Waals surface area contributed by atoms with Gasteiger partial charge in [0.1, 0.15) is 11.6 Å². The first-order valence-electron chi connectivity index (χ1n) is 7.91. The van der Waals surface area contributed by atoms with E-state index in [-0.39, 0.29) is 11.7 Å². The van der Waals surface area contributed by atoms with Crippen molar-refractivity contribution in [3.63, 3.8) is 0 Å². The number of rotatable bonds is 6. The molecule has 0 bridgehead atoms. The Morgan fingerprint density at radius 2 is 1.81 bits per heavy atom. The second-order valence-corrected chi connectivity index (χ2v) is 7.37. The SMILES string of the molecule is COc1ccc(-n2c(C)nnc2SCC(=O)Nc2cc(Cl)cc(Cl)c2)cc1. The van der Waals surface area contributed by atoms with Crippen molar-refractivity contribution in [2.24, 2.45) is 0 Å². The van der Waals surface area contributed by atoms with Gasteiger partial charge in [0.05, 0.1) is 12.9 Å². The van der Waals surface area contributed by atoms with E-state index in [0.717, 1.165) is 17.3 Å². The van der Waals surface area contributed by atoms with E-state index in [9.17, 15) is 4.79 Å². The van der Waals surface area contributed by atoms with Crippen molar-refractivity contribution >= 4 is 46.6 Å². The standard InChI is InChI=1S/C18H16Cl2N4O2S/c1-11-22-23-18(24(11)15-3-5-16(26-2)6-4-15)27-10-17(25)21-14-8-12(19)7-13(20)9-14/h3-9H,10H2,1-2H3,(H,21,25). The van der Waals surface area contributed by atoms with Crippen LogP contribution in [0.15, 0.2) is 47.6 Å². The highest BCUT2D eigenvalue weighted by atomic mass is 35.5. The summed E-state index contributed by atoms with van der Waals surface area (Å²) >= 11 is 13.2. The van der Waals surface area contributed by atoms with Crippen LogP contribution in [0.5, 0.6) is 5.75 Å². The van der Waals surface area contributed by atoms with Crippen LogP contribution >= 0.6 is 35.0 Å². The molecular weight excluding hydrogens is 407 g/mol. The zero-order chi connectivity index (χ0) is 19.4. The molecule has 1 N–H and O–H groups in total. The number of hydrogen-bond donors (Lipinski definition) is 1. The summed E-state index contributed by atoms with van der Waals surface area (Å²) in [7, 11) is 1.62. The minimum Gasteiger partial charge on any atom is -0.497 e. The maximum Gasteiger partial charge on any atom is 0.234 e. The number of carbonyl (C=O) groups excluding carboxylic acids is 1. The third-order valence-corrected chi connectivity index (χ3v) is 4.97. The number of benzene rings is 2. The number of nitrogens with one attached hydrogen (secondary N) is 1. The summed E-state index contributed by atoms with van der Waals surface area (Å²) in [5.74, 6) is 1.46. The number of anilines is 1. The molecule has 6 nitrogen and oxygen atoms in total. The summed E-state index contributed by atoms with van der Waals surface area (Å²) in [6.45, 7) is 1.86. The van der Waals surface area contributed by atoms with Crippen LogP contribution in [0.3, 0.4) is 0 Å². The van der Waals surface area contributed by atoms with E-state index in [4.69, 9.17) is 27.9 Å². The van der Waals surface area contributed by atoms with Crippen LogP contribution in [-0.2, 0) is 4.79 Å². The zero-order valence-electron chi connectivity index (χ0n) is 14.6. The predicted molar refractivity (Wildman–Crippen MR) is 108 cm³/mol. The molecule has 1 aromatic heterocycles. The smallest absolute Gasteiger partial charge is 0.234 e. The highest BCUT2D eigenvalue weighted by Gasteiger charge is 2.14. The molecule has 0 unspecified atom stereocenters. The van der Waals surface area contributed by atoms with Crippen LogP contribution in [0.4, 0.5) is 5.69 Å². The van der Waals surface area contributed by atoms with Gasteiger partial charge in [-0.15, -0.1) is 10.2 Å². The molecule has 1 amide bonds. The largest absolute Gasteiger partial charge is 0.497 e. The van der Waals surface area contributed by atoms with Crippen LogP contribution in [0, 0.1) is 6.92 Å². The Morgan fingerprint density at radius 1 is 1.15 bits per heavy atom. The average molecular weight is 423 g/mol. The molecule has 0 saturated carbocycles. The fraction of sp³-hybridized carbons (Fsp3) is 0.167. The average Bonchev–Trinajstić information content (AvgIpc) is 3.00. The fourth-order valence-corrected chi connectivity index (χ4v) is 3.74. The van der Waals surface area contributed by atoms with E-state index in [1.54, 1.807) is 25.3 Å². The van der Waals surface area contributed by atoms with Crippen LogP contribution < -0.4 is 10.1 Å². The summed E-state index contributed by atoms with van der Waals surface area (Å²) in [4.78, 5) is 12.3. The number of aromatic nitrogens is 3. The molecule has 3 aromatic rings. The Bertz CT molecular complexity index is 940. The maximum absolute atomic E-state index is 12.3. The van der Waals surface area contributed by atoms with E-state index < -0.39 is 0 Å². The van der Waals surface area contributed by atoms with Gasteiger partial charge in [0.15, 0.2) is 5.16 Å². The second kappa shape index (κ2) is 8.65. The predicted octanol–water partition coefficient (Wildman–Crippen LogP) is 4.62.